The molecule has 4 atom stereocenters. The number of halogens is 2. The van der Waals surface area contributed by atoms with Crippen LogP contribution in [0.15, 0.2) is 193 Å². The second kappa shape index (κ2) is 18.5. The number of nitrogens with one attached hydrogen (secondary N) is 2. The van der Waals surface area contributed by atoms with Crippen molar-refractivity contribution in [3.05, 3.63) is 225 Å². The molecular formula is C53H46Cl2N2O5. The molecule has 4 aromatic rings. The first-order valence-corrected chi connectivity index (χ1v) is 21.5. The number of carbonyl (C=O) groups excluding carboxylic acids is 3. The molecule has 0 fully saturated rings. The summed E-state index contributed by atoms with van der Waals surface area (Å²) in [7, 11) is 0. The van der Waals surface area contributed by atoms with E-state index < -0.39 is 35.9 Å². The lowest BCUT2D eigenvalue weighted by Gasteiger charge is -2.50. The number of aliphatic hydroxyl groups is 2. The van der Waals surface area contributed by atoms with Crippen molar-refractivity contribution in [3.63, 3.8) is 0 Å². The minimum atomic E-state index is -1.60. The maximum absolute atomic E-state index is 16.9. The molecule has 4 N–H and O–H groups in total. The van der Waals surface area contributed by atoms with Gasteiger partial charge in [-0.25, -0.2) is 0 Å². The summed E-state index contributed by atoms with van der Waals surface area (Å²) < 4.78 is 0. The molecule has 7 nitrogen and oxygen atoms in total. The van der Waals surface area contributed by atoms with Gasteiger partial charge in [-0.05, 0) is 72.5 Å². The van der Waals surface area contributed by atoms with Gasteiger partial charge in [0.15, 0.2) is 17.3 Å². The zero-order valence-corrected chi connectivity index (χ0v) is 35.5. The average Bonchev–Trinajstić information content (AvgIpc) is 3.32. The van der Waals surface area contributed by atoms with Crippen molar-refractivity contribution in [2.24, 2.45) is 22.7 Å². The van der Waals surface area contributed by atoms with Gasteiger partial charge in [0.25, 0.3) is 0 Å². The topological polar surface area (TPSA) is 116 Å². The van der Waals surface area contributed by atoms with Crippen molar-refractivity contribution in [3.8, 4) is 0 Å². The van der Waals surface area contributed by atoms with Gasteiger partial charge >= 0.3 is 0 Å². The van der Waals surface area contributed by atoms with Gasteiger partial charge in [-0.15, -0.1) is 0 Å². The molecular weight excluding hydrogens is 815 g/mol. The van der Waals surface area contributed by atoms with E-state index >= 15 is 14.4 Å². The highest BCUT2D eigenvalue weighted by molar-refractivity contribution is 6.34. The molecule has 4 aromatic carbocycles. The van der Waals surface area contributed by atoms with E-state index in [0.29, 0.717) is 56.3 Å². The van der Waals surface area contributed by atoms with Crippen LogP contribution in [-0.4, -0.2) is 40.8 Å². The molecule has 0 saturated carbocycles. The molecule has 2 heterocycles. The van der Waals surface area contributed by atoms with E-state index in [1.54, 1.807) is 72.8 Å². The fraction of sp³-hybridized carbons (Fsp3) is 0.189. The zero-order valence-electron chi connectivity index (χ0n) is 33.9. The Kier molecular flexibility index (Phi) is 12.7. The average molecular weight is 862 g/mol. The number of Topliss-reactive ketones (excluding diaryl/α,β-unsaturated/α-hetero) is 3. The summed E-state index contributed by atoms with van der Waals surface area (Å²) in [4.78, 5) is 47.0. The van der Waals surface area contributed by atoms with Gasteiger partial charge in [0.1, 0.15) is 0 Å². The van der Waals surface area contributed by atoms with Gasteiger partial charge in [-0.1, -0.05) is 157 Å². The van der Waals surface area contributed by atoms with Crippen molar-refractivity contribution in [2.75, 3.05) is 13.2 Å². The van der Waals surface area contributed by atoms with Crippen LogP contribution < -0.4 is 10.6 Å². The summed E-state index contributed by atoms with van der Waals surface area (Å²) in [6, 6.07) is 32.4. The van der Waals surface area contributed by atoms with Crippen LogP contribution in [0.5, 0.6) is 0 Å². The number of ketones is 3. The summed E-state index contributed by atoms with van der Waals surface area (Å²) >= 11 is 13.9. The summed E-state index contributed by atoms with van der Waals surface area (Å²) in [6.45, 7) is -0.824. The van der Waals surface area contributed by atoms with Crippen LogP contribution in [-0.2, 0) is 4.79 Å². The molecule has 62 heavy (non-hydrogen) atoms. The summed E-state index contributed by atoms with van der Waals surface area (Å²) in [5.74, 6) is -2.43. The molecule has 8 rings (SSSR count). The van der Waals surface area contributed by atoms with E-state index in [2.05, 4.69) is 10.6 Å². The van der Waals surface area contributed by atoms with Crippen LogP contribution in [0.3, 0.4) is 0 Å². The monoisotopic (exact) mass is 860 g/mol. The largest absolute Gasteiger partial charge is 0.396 e. The predicted molar refractivity (Wildman–Crippen MR) is 247 cm³/mol. The van der Waals surface area contributed by atoms with Gasteiger partial charge < -0.3 is 20.8 Å². The Hall–Kier alpha value is -6.09. The normalized spacial score (nSPS) is 23.0. The molecule has 0 radical (unpaired) electrons. The Balaban J connectivity index is 1.45. The van der Waals surface area contributed by atoms with Gasteiger partial charge in [0.05, 0.1) is 10.8 Å². The fourth-order valence-corrected chi connectivity index (χ4v) is 9.99. The standard InChI is InChI=1S/C53H46Cl2N2O5/c54-47-21-9-7-19-39(47)41-29-45(37-17-11-25-56-33-37)52(23-27-58,31-43(41)49(60)35-13-3-1-4-14-35)51(62)53(24-28-59)32-44(50(61)36-15-5-2-6-16-36)42(40-20-8-10-22-48(40)55)30-46(53)38-18-12-26-57-34-38/h1-16,19-22,25-26,29-34,45-46,56-59H,17-18,23-24,27-28H2. The van der Waals surface area contributed by atoms with Gasteiger partial charge in [0.2, 0.25) is 0 Å². The van der Waals surface area contributed by atoms with Crippen LogP contribution in [0.25, 0.3) is 11.1 Å². The molecule has 0 spiro atoms. The van der Waals surface area contributed by atoms with E-state index in [4.69, 9.17) is 23.2 Å². The Morgan fingerprint density at radius 1 is 0.565 bits per heavy atom. The third-order valence-corrected chi connectivity index (χ3v) is 13.1. The van der Waals surface area contributed by atoms with Crippen molar-refractivity contribution in [1.29, 1.82) is 0 Å². The molecule has 0 aromatic heterocycles. The number of allylic oxidation sites excluding steroid dienone is 12. The van der Waals surface area contributed by atoms with Crippen LogP contribution in [0.4, 0.5) is 0 Å². The minimum absolute atomic E-state index is 0.0799. The van der Waals surface area contributed by atoms with Gasteiger partial charge in [-0.2, -0.15) is 0 Å². The van der Waals surface area contributed by atoms with Gasteiger partial charge in [0, 0.05) is 80.9 Å². The Labute approximate surface area is 371 Å². The second-order valence-corrected chi connectivity index (χ2v) is 16.7. The number of carbonyl (C=O) groups is 3. The third-order valence-electron chi connectivity index (χ3n) is 12.4. The highest BCUT2D eigenvalue weighted by Gasteiger charge is 2.58. The van der Waals surface area contributed by atoms with Crippen LogP contribution in [0.1, 0.15) is 57.5 Å². The quantitative estimate of drug-likeness (QED) is 0.0934. The lowest BCUT2D eigenvalue weighted by Crippen LogP contribution is -2.53. The molecule has 2 aliphatic carbocycles. The predicted octanol–water partition coefficient (Wildman–Crippen LogP) is 10.4. The SMILES string of the molecule is O=C(C1=CC(CCO)(C(=O)C2(CCO)C=C(C(=O)c3ccccc3)C(c3ccccc3Cl)=CC2C2=CNC=CC2)C(C2=CNC=CC2)C=C1c1ccccc1Cl)c1ccccc1. The Morgan fingerprint density at radius 3 is 1.31 bits per heavy atom. The summed E-state index contributed by atoms with van der Waals surface area (Å²) in [6.07, 6.45) is 19.5. The van der Waals surface area contributed by atoms with E-state index in [0.717, 1.165) is 11.1 Å². The first-order valence-electron chi connectivity index (χ1n) is 20.8. The number of benzene rings is 4. The lowest BCUT2D eigenvalue weighted by atomic mass is 9.51. The van der Waals surface area contributed by atoms with Crippen LogP contribution in [0, 0.1) is 22.7 Å². The first-order chi connectivity index (χ1) is 30.2. The fourth-order valence-electron chi connectivity index (χ4n) is 9.52. The summed E-state index contributed by atoms with van der Waals surface area (Å²) in [5.41, 5.74) is 2.17. The highest BCUT2D eigenvalue weighted by Crippen LogP contribution is 2.58. The molecule has 0 saturated heterocycles. The van der Waals surface area contributed by atoms with Crippen molar-refractivity contribution >= 4 is 51.7 Å². The minimum Gasteiger partial charge on any atom is -0.396 e. The number of hydrogen-bond acceptors (Lipinski definition) is 7. The molecule has 4 aliphatic rings. The Morgan fingerprint density at radius 2 is 0.952 bits per heavy atom. The van der Waals surface area contributed by atoms with Crippen LogP contribution in [0.2, 0.25) is 10.0 Å². The number of aliphatic hydroxyl groups excluding tert-OH is 2. The maximum atomic E-state index is 16.9. The molecule has 9 heteroatoms. The zero-order chi connectivity index (χ0) is 43.3. The highest BCUT2D eigenvalue weighted by atomic mass is 35.5. The maximum Gasteiger partial charge on any atom is 0.193 e. The van der Waals surface area contributed by atoms with E-state index in [1.807, 2.05) is 97.6 Å². The molecule has 2 aliphatic heterocycles. The number of hydrogen-bond donors (Lipinski definition) is 4. The smallest absolute Gasteiger partial charge is 0.193 e. The number of rotatable bonds is 14. The van der Waals surface area contributed by atoms with Crippen LogP contribution >= 0.6 is 23.2 Å². The lowest BCUT2D eigenvalue weighted by molar-refractivity contribution is -0.139. The van der Waals surface area contributed by atoms with Gasteiger partial charge in [-0.3, -0.25) is 14.4 Å². The van der Waals surface area contributed by atoms with Crippen molar-refractivity contribution in [1.82, 2.24) is 10.6 Å². The Bertz CT molecular complexity index is 2470. The second-order valence-electron chi connectivity index (χ2n) is 15.9. The molecule has 4 unspecified atom stereocenters. The molecule has 312 valence electrons. The van der Waals surface area contributed by atoms with E-state index in [1.165, 1.54) is 0 Å². The third kappa shape index (κ3) is 7.94. The number of dihydropyridines is 2. The van der Waals surface area contributed by atoms with Crippen molar-refractivity contribution in [2.45, 2.75) is 25.7 Å². The van der Waals surface area contributed by atoms with E-state index in [-0.39, 0.29) is 41.3 Å². The molecule has 0 bridgehead atoms. The molecule has 0 amide bonds. The summed E-state index contributed by atoms with van der Waals surface area (Å²) in [5, 5.41) is 29.7. The first kappa shape index (κ1) is 42.6. The van der Waals surface area contributed by atoms with E-state index in [9.17, 15) is 10.2 Å². The van der Waals surface area contributed by atoms with Crippen molar-refractivity contribution < 1.29 is 24.6 Å².